The number of hydrogen-bond acceptors (Lipinski definition) is 3. The molecule has 100 valence electrons. The standard InChI is InChI=1S/C13H20N2O3/c1-4-18-12-6-5-11(7-10(12)8-16)15-13(17)14-9(2)3/h5-7,9,16H,4,8H2,1-3H3,(H2,14,15,17). The molecule has 0 unspecified atom stereocenters. The molecule has 0 aliphatic rings. The molecule has 0 fully saturated rings. The second kappa shape index (κ2) is 6.86. The minimum Gasteiger partial charge on any atom is -0.494 e. The fourth-order valence-corrected chi connectivity index (χ4v) is 1.51. The third kappa shape index (κ3) is 4.25. The third-order valence-corrected chi connectivity index (χ3v) is 2.21. The second-order valence-corrected chi connectivity index (χ2v) is 4.17. The van der Waals surface area contributed by atoms with Crippen molar-refractivity contribution in [1.29, 1.82) is 0 Å². The minimum absolute atomic E-state index is 0.0741. The summed E-state index contributed by atoms with van der Waals surface area (Å²) in [5.41, 5.74) is 1.28. The number of hydrogen-bond donors (Lipinski definition) is 3. The summed E-state index contributed by atoms with van der Waals surface area (Å²) in [5.74, 6) is 0.634. The van der Waals surface area contributed by atoms with Crippen LogP contribution in [0.25, 0.3) is 0 Å². The fourth-order valence-electron chi connectivity index (χ4n) is 1.51. The van der Waals surface area contributed by atoms with Gasteiger partial charge in [0.15, 0.2) is 0 Å². The number of ether oxygens (including phenoxy) is 1. The van der Waals surface area contributed by atoms with Crippen LogP contribution in [0, 0.1) is 0 Å². The van der Waals surface area contributed by atoms with Crippen LogP contribution < -0.4 is 15.4 Å². The van der Waals surface area contributed by atoms with Crippen molar-refractivity contribution < 1.29 is 14.6 Å². The number of nitrogens with one attached hydrogen (secondary N) is 2. The largest absolute Gasteiger partial charge is 0.494 e. The van der Waals surface area contributed by atoms with Crippen molar-refractivity contribution in [2.45, 2.75) is 33.4 Å². The predicted molar refractivity (Wildman–Crippen MR) is 70.8 cm³/mol. The molecule has 0 atom stereocenters. The van der Waals surface area contributed by atoms with Crippen molar-refractivity contribution in [2.75, 3.05) is 11.9 Å². The van der Waals surface area contributed by atoms with E-state index in [-0.39, 0.29) is 18.7 Å². The third-order valence-electron chi connectivity index (χ3n) is 2.21. The fraction of sp³-hybridized carbons (Fsp3) is 0.462. The summed E-state index contributed by atoms with van der Waals surface area (Å²) < 4.78 is 5.36. The highest BCUT2D eigenvalue weighted by molar-refractivity contribution is 5.89. The van der Waals surface area contributed by atoms with Crippen molar-refractivity contribution in [3.05, 3.63) is 23.8 Å². The predicted octanol–water partition coefficient (Wildman–Crippen LogP) is 2.11. The van der Waals surface area contributed by atoms with E-state index < -0.39 is 0 Å². The van der Waals surface area contributed by atoms with Crippen LogP contribution in [-0.2, 0) is 6.61 Å². The zero-order valence-electron chi connectivity index (χ0n) is 11.0. The summed E-state index contributed by atoms with van der Waals surface area (Å²) in [5, 5.41) is 14.7. The number of amides is 2. The zero-order chi connectivity index (χ0) is 13.5. The van der Waals surface area contributed by atoms with Gasteiger partial charge in [0.2, 0.25) is 0 Å². The minimum atomic E-state index is -0.266. The molecule has 0 spiro atoms. The highest BCUT2D eigenvalue weighted by atomic mass is 16.5. The van der Waals surface area contributed by atoms with Gasteiger partial charge in [-0.05, 0) is 39.0 Å². The van der Waals surface area contributed by atoms with E-state index in [2.05, 4.69) is 10.6 Å². The molecule has 3 N–H and O–H groups in total. The maximum absolute atomic E-state index is 11.5. The summed E-state index contributed by atoms with van der Waals surface area (Å²) >= 11 is 0. The lowest BCUT2D eigenvalue weighted by molar-refractivity contribution is 0.250. The molecule has 0 saturated heterocycles. The van der Waals surface area contributed by atoms with Gasteiger partial charge >= 0.3 is 6.03 Å². The van der Waals surface area contributed by atoms with Crippen molar-refractivity contribution >= 4 is 11.7 Å². The Bertz CT molecular complexity index is 405. The number of rotatable bonds is 5. The number of benzene rings is 1. The van der Waals surface area contributed by atoms with E-state index in [4.69, 9.17) is 4.74 Å². The maximum atomic E-state index is 11.5. The van der Waals surface area contributed by atoms with Gasteiger partial charge in [-0.1, -0.05) is 0 Å². The number of carbonyl (C=O) groups excluding carboxylic acids is 1. The van der Waals surface area contributed by atoms with Gasteiger partial charge in [0.05, 0.1) is 13.2 Å². The molecular formula is C13H20N2O3. The van der Waals surface area contributed by atoms with E-state index in [1.54, 1.807) is 18.2 Å². The van der Waals surface area contributed by atoms with Crippen LogP contribution in [0.4, 0.5) is 10.5 Å². The van der Waals surface area contributed by atoms with Crippen LogP contribution >= 0.6 is 0 Å². The first-order valence-corrected chi connectivity index (χ1v) is 6.01. The van der Waals surface area contributed by atoms with Gasteiger partial charge in [-0.15, -0.1) is 0 Å². The smallest absolute Gasteiger partial charge is 0.319 e. The number of aliphatic hydroxyl groups excluding tert-OH is 1. The molecule has 1 aromatic rings. The zero-order valence-corrected chi connectivity index (χ0v) is 11.0. The van der Waals surface area contributed by atoms with Crippen LogP contribution in [0.3, 0.4) is 0 Å². The first kappa shape index (κ1) is 14.3. The van der Waals surface area contributed by atoms with E-state index in [1.165, 1.54) is 0 Å². The van der Waals surface area contributed by atoms with Gasteiger partial charge in [0.1, 0.15) is 5.75 Å². The SMILES string of the molecule is CCOc1ccc(NC(=O)NC(C)C)cc1CO. The number of aliphatic hydroxyl groups is 1. The van der Waals surface area contributed by atoms with Gasteiger partial charge in [-0.3, -0.25) is 0 Å². The molecule has 0 aliphatic carbocycles. The molecule has 0 bridgehead atoms. The lowest BCUT2D eigenvalue weighted by Crippen LogP contribution is -2.34. The quantitative estimate of drug-likeness (QED) is 0.751. The van der Waals surface area contributed by atoms with Gasteiger partial charge in [0, 0.05) is 17.3 Å². The van der Waals surface area contributed by atoms with Crippen LogP contribution in [0.2, 0.25) is 0 Å². The molecule has 5 nitrogen and oxygen atoms in total. The van der Waals surface area contributed by atoms with E-state index in [0.717, 1.165) is 0 Å². The van der Waals surface area contributed by atoms with Gasteiger partial charge in [0.25, 0.3) is 0 Å². The Kier molecular flexibility index (Phi) is 5.45. The van der Waals surface area contributed by atoms with Crippen molar-refractivity contribution in [3.63, 3.8) is 0 Å². The van der Waals surface area contributed by atoms with E-state index in [9.17, 15) is 9.90 Å². The average molecular weight is 252 g/mol. The first-order valence-electron chi connectivity index (χ1n) is 6.01. The average Bonchev–Trinajstić information content (AvgIpc) is 2.30. The first-order chi connectivity index (χ1) is 8.56. The number of urea groups is 1. The Morgan fingerprint density at radius 1 is 1.44 bits per heavy atom. The molecule has 18 heavy (non-hydrogen) atoms. The Balaban J connectivity index is 2.76. The van der Waals surface area contributed by atoms with Gasteiger partial charge in [-0.2, -0.15) is 0 Å². The highest BCUT2D eigenvalue weighted by Crippen LogP contribution is 2.22. The molecule has 1 rings (SSSR count). The highest BCUT2D eigenvalue weighted by Gasteiger charge is 2.07. The Morgan fingerprint density at radius 3 is 2.72 bits per heavy atom. The molecule has 0 saturated carbocycles. The maximum Gasteiger partial charge on any atom is 0.319 e. The van der Waals surface area contributed by atoms with Crippen molar-refractivity contribution in [3.8, 4) is 5.75 Å². The summed E-state index contributed by atoms with van der Waals surface area (Å²) in [7, 11) is 0. The lowest BCUT2D eigenvalue weighted by atomic mass is 10.2. The molecule has 0 radical (unpaired) electrons. The number of carbonyl (C=O) groups is 1. The molecule has 2 amide bonds. The van der Waals surface area contributed by atoms with Crippen LogP contribution in [0.15, 0.2) is 18.2 Å². The molecule has 0 aliphatic heterocycles. The van der Waals surface area contributed by atoms with E-state index in [1.807, 2.05) is 20.8 Å². The van der Waals surface area contributed by atoms with Crippen LogP contribution in [0.1, 0.15) is 26.3 Å². The van der Waals surface area contributed by atoms with Crippen LogP contribution in [-0.4, -0.2) is 23.8 Å². The topological polar surface area (TPSA) is 70.6 Å². The molecule has 0 heterocycles. The molecule has 0 aromatic heterocycles. The van der Waals surface area contributed by atoms with E-state index in [0.29, 0.717) is 23.6 Å². The lowest BCUT2D eigenvalue weighted by Gasteiger charge is -2.13. The second-order valence-electron chi connectivity index (χ2n) is 4.17. The monoisotopic (exact) mass is 252 g/mol. The summed E-state index contributed by atoms with van der Waals surface area (Å²) in [4.78, 5) is 11.5. The van der Waals surface area contributed by atoms with Crippen LogP contribution in [0.5, 0.6) is 5.75 Å². The molecule has 1 aromatic carbocycles. The van der Waals surface area contributed by atoms with Gasteiger partial charge < -0.3 is 20.5 Å². The Labute approximate surface area is 107 Å². The Hall–Kier alpha value is -1.75. The van der Waals surface area contributed by atoms with Crippen molar-refractivity contribution in [2.24, 2.45) is 0 Å². The summed E-state index contributed by atoms with van der Waals surface area (Å²) in [6, 6.07) is 4.98. The van der Waals surface area contributed by atoms with Crippen molar-refractivity contribution in [1.82, 2.24) is 5.32 Å². The number of anilines is 1. The summed E-state index contributed by atoms with van der Waals surface area (Å²) in [6.07, 6.45) is 0. The Morgan fingerprint density at radius 2 is 2.17 bits per heavy atom. The molecular weight excluding hydrogens is 232 g/mol. The summed E-state index contributed by atoms with van der Waals surface area (Å²) in [6.45, 7) is 6.06. The normalized spacial score (nSPS) is 10.3. The molecule has 5 heteroatoms. The van der Waals surface area contributed by atoms with Gasteiger partial charge in [-0.25, -0.2) is 4.79 Å². The van der Waals surface area contributed by atoms with E-state index >= 15 is 0 Å².